The van der Waals surface area contributed by atoms with Crippen LogP contribution >= 0.6 is 0 Å². The average Bonchev–Trinajstić information content (AvgIpc) is 2.87. The highest BCUT2D eigenvalue weighted by Crippen LogP contribution is 2.33. The minimum Gasteiger partial charge on any atom is -0.358 e. The summed E-state index contributed by atoms with van der Waals surface area (Å²) < 4.78 is 13.7. The molecule has 2 aromatic carbocycles. The van der Waals surface area contributed by atoms with E-state index in [0.29, 0.717) is 11.4 Å². The van der Waals surface area contributed by atoms with Gasteiger partial charge in [0.05, 0.1) is 5.52 Å². The second kappa shape index (κ2) is 4.88. The van der Waals surface area contributed by atoms with E-state index < -0.39 is 0 Å². The first-order valence-electron chi connectivity index (χ1n) is 6.61. The van der Waals surface area contributed by atoms with E-state index in [9.17, 15) is 4.39 Å². The molecule has 1 heterocycles. The predicted octanol–water partition coefficient (Wildman–Crippen LogP) is 4.85. The summed E-state index contributed by atoms with van der Waals surface area (Å²) in [6.45, 7) is 2.16. The van der Waals surface area contributed by atoms with Gasteiger partial charge in [0.25, 0.3) is 0 Å². The average molecular weight is 253 g/mol. The van der Waals surface area contributed by atoms with Crippen molar-refractivity contribution in [1.82, 2.24) is 4.98 Å². The molecule has 1 aromatic heterocycles. The summed E-state index contributed by atoms with van der Waals surface area (Å²) in [4.78, 5) is 3.07. The topological polar surface area (TPSA) is 15.8 Å². The maximum absolute atomic E-state index is 13.7. The third-order valence-electron chi connectivity index (χ3n) is 3.68. The molecular formula is C17H16FN. The molecular weight excluding hydrogens is 237 g/mol. The number of nitrogens with one attached hydrogen (secondary N) is 1. The van der Waals surface area contributed by atoms with Gasteiger partial charge in [-0.15, -0.1) is 0 Å². The molecule has 0 saturated heterocycles. The number of fused-ring (bicyclic) bond motifs is 1. The summed E-state index contributed by atoms with van der Waals surface area (Å²) in [7, 11) is 0. The number of halogens is 1. The number of H-pyrrole nitrogens is 1. The molecule has 0 fully saturated rings. The number of aromatic amines is 1. The minimum atomic E-state index is -0.188. The van der Waals surface area contributed by atoms with Crippen LogP contribution in [0.4, 0.5) is 4.39 Å². The Morgan fingerprint density at radius 3 is 2.58 bits per heavy atom. The van der Waals surface area contributed by atoms with Crippen molar-refractivity contribution in [3.8, 4) is 0 Å². The van der Waals surface area contributed by atoms with Crippen LogP contribution in [0.3, 0.4) is 0 Å². The van der Waals surface area contributed by atoms with Crippen LogP contribution in [0.15, 0.2) is 54.7 Å². The molecule has 1 unspecified atom stereocenters. The highest BCUT2D eigenvalue weighted by Gasteiger charge is 2.17. The molecule has 2 heteroatoms. The molecule has 1 nitrogen and oxygen atoms in total. The first-order valence-corrected chi connectivity index (χ1v) is 6.61. The van der Waals surface area contributed by atoms with Gasteiger partial charge in [-0.3, -0.25) is 0 Å². The van der Waals surface area contributed by atoms with Gasteiger partial charge in [0.1, 0.15) is 5.82 Å². The highest BCUT2D eigenvalue weighted by atomic mass is 19.1. The third kappa shape index (κ3) is 2.03. The van der Waals surface area contributed by atoms with Crippen molar-refractivity contribution >= 4 is 10.9 Å². The molecule has 3 aromatic rings. The fourth-order valence-corrected chi connectivity index (χ4v) is 2.75. The van der Waals surface area contributed by atoms with E-state index in [-0.39, 0.29) is 5.82 Å². The predicted molar refractivity (Wildman–Crippen MR) is 76.8 cm³/mol. The summed E-state index contributed by atoms with van der Waals surface area (Å²) >= 11 is 0. The molecule has 96 valence electrons. The van der Waals surface area contributed by atoms with Crippen LogP contribution in [-0.4, -0.2) is 4.98 Å². The van der Waals surface area contributed by atoms with Gasteiger partial charge in [0, 0.05) is 17.5 Å². The highest BCUT2D eigenvalue weighted by molar-refractivity contribution is 5.84. The van der Waals surface area contributed by atoms with Crippen LogP contribution in [0, 0.1) is 5.82 Å². The Balaban J connectivity index is 2.15. The molecule has 0 aliphatic rings. The van der Waals surface area contributed by atoms with E-state index in [1.807, 2.05) is 30.5 Å². The monoisotopic (exact) mass is 253 g/mol. The summed E-state index contributed by atoms with van der Waals surface area (Å²) in [6.07, 6.45) is 2.93. The second-order valence-corrected chi connectivity index (χ2v) is 4.78. The van der Waals surface area contributed by atoms with Crippen LogP contribution in [-0.2, 0) is 0 Å². The second-order valence-electron chi connectivity index (χ2n) is 4.78. The van der Waals surface area contributed by atoms with Crippen molar-refractivity contribution in [1.29, 1.82) is 0 Å². The van der Waals surface area contributed by atoms with Gasteiger partial charge in [-0.2, -0.15) is 0 Å². The Morgan fingerprint density at radius 1 is 1.05 bits per heavy atom. The number of rotatable bonds is 3. The Bertz CT molecular complexity index is 685. The van der Waals surface area contributed by atoms with E-state index in [2.05, 4.69) is 24.0 Å². The quantitative estimate of drug-likeness (QED) is 0.686. The maximum Gasteiger partial charge on any atom is 0.147 e. The minimum absolute atomic E-state index is 0.188. The van der Waals surface area contributed by atoms with Gasteiger partial charge >= 0.3 is 0 Å². The van der Waals surface area contributed by atoms with Gasteiger partial charge in [0.15, 0.2) is 0 Å². The number of benzene rings is 2. The van der Waals surface area contributed by atoms with Crippen molar-refractivity contribution < 1.29 is 4.39 Å². The lowest BCUT2D eigenvalue weighted by Crippen LogP contribution is -1.98. The first kappa shape index (κ1) is 12.0. The van der Waals surface area contributed by atoms with Crippen LogP contribution in [0.1, 0.15) is 30.4 Å². The van der Waals surface area contributed by atoms with E-state index in [4.69, 9.17) is 0 Å². The van der Waals surface area contributed by atoms with Crippen LogP contribution in [0.5, 0.6) is 0 Å². The Kier molecular flexibility index (Phi) is 3.08. The van der Waals surface area contributed by atoms with Gasteiger partial charge < -0.3 is 4.98 Å². The molecule has 0 bridgehead atoms. The van der Waals surface area contributed by atoms with E-state index >= 15 is 0 Å². The Labute approximate surface area is 112 Å². The molecule has 0 aliphatic carbocycles. The van der Waals surface area contributed by atoms with Crippen LogP contribution < -0.4 is 0 Å². The smallest absolute Gasteiger partial charge is 0.147 e. The van der Waals surface area contributed by atoms with Crippen molar-refractivity contribution in [2.24, 2.45) is 0 Å². The molecule has 1 N–H and O–H groups in total. The lowest BCUT2D eigenvalue weighted by Gasteiger charge is -2.14. The summed E-state index contributed by atoms with van der Waals surface area (Å²) in [5.74, 6) is 0.114. The van der Waals surface area contributed by atoms with Crippen molar-refractivity contribution in [2.75, 3.05) is 0 Å². The van der Waals surface area contributed by atoms with Crippen molar-refractivity contribution in [3.63, 3.8) is 0 Å². The van der Waals surface area contributed by atoms with Gasteiger partial charge in [-0.05, 0) is 23.6 Å². The Morgan fingerprint density at radius 2 is 1.84 bits per heavy atom. The lowest BCUT2D eigenvalue weighted by atomic mass is 9.89. The SMILES string of the molecule is CCC(c1ccccc1)c1c[nH]c2c(F)cccc12. The summed E-state index contributed by atoms with van der Waals surface area (Å²) in [5.41, 5.74) is 3.05. The van der Waals surface area contributed by atoms with Gasteiger partial charge in [0.2, 0.25) is 0 Å². The Hall–Kier alpha value is -2.09. The van der Waals surface area contributed by atoms with Gasteiger partial charge in [-0.1, -0.05) is 49.4 Å². The fourth-order valence-electron chi connectivity index (χ4n) is 2.75. The standard InChI is InChI=1S/C17H16FN/c1-2-13(12-7-4-3-5-8-12)15-11-19-17-14(15)9-6-10-16(17)18/h3-11,13,19H,2H2,1H3. The lowest BCUT2D eigenvalue weighted by molar-refractivity contribution is 0.637. The largest absolute Gasteiger partial charge is 0.358 e. The number of hydrogen-bond donors (Lipinski definition) is 1. The zero-order valence-electron chi connectivity index (χ0n) is 10.9. The number of aromatic nitrogens is 1. The summed E-state index contributed by atoms with van der Waals surface area (Å²) in [6, 6.07) is 15.6. The first-order chi connectivity index (χ1) is 9.31. The molecule has 0 radical (unpaired) electrons. The van der Waals surface area contributed by atoms with E-state index in [1.54, 1.807) is 6.07 Å². The molecule has 3 rings (SSSR count). The molecule has 0 amide bonds. The van der Waals surface area contributed by atoms with Crippen molar-refractivity contribution in [3.05, 3.63) is 71.7 Å². The van der Waals surface area contributed by atoms with Crippen LogP contribution in [0.2, 0.25) is 0 Å². The van der Waals surface area contributed by atoms with Crippen LogP contribution in [0.25, 0.3) is 10.9 Å². The maximum atomic E-state index is 13.7. The zero-order valence-corrected chi connectivity index (χ0v) is 10.9. The molecule has 0 saturated carbocycles. The van der Waals surface area contributed by atoms with E-state index in [0.717, 1.165) is 11.8 Å². The number of para-hydroxylation sites is 1. The van der Waals surface area contributed by atoms with Crippen molar-refractivity contribution in [2.45, 2.75) is 19.3 Å². The number of hydrogen-bond acceptors (Lipinski definition) is 0. The third-order valence-corrected chi connectivity index (χ3v) is 3.68. The fraction of sp³-hybridized carbons (Fsp3) is 0.176. The summed E-state index contributed by atoms with van der Waals surface area (Å²) in [5, 5.41) is 0.982. The normalized spacial score (nSPS) is 12.7. The zero-order chi connectivity index (χ0) is 13.2. The molecule has 0 aliphatic heterocycles. The van der Waals surface area contributed by atoms with E-state index in [1.165, 1.54) is 17.2 Å². The molecule has 1 atom stereocenters. The molecule has 0 spiro atoms. The van der Waals surface area contributed by atoms with Gasteiger partial charge in [-0.25, -0.2) is 4.39 Å². The molecule has 19 heavy (non-hydrogen) atoms.